The number of carboxylic acid groups (broad SMARTS) is 2. The summed E-state index contributed by atoms with van der Waals surface area (Å²) in [6.45, 7) is 0. The van der Waals surface area contributed by atoms with E-state index in [9.17, 15) is 0 Å². The van der Waals surface area contributed by atoms with E-state index in [4.69, 9.17) is 30.6 Å². The third-order valence-corrected chi connectivity index (χ3v) is 1.63. The van der Waals surface area contributed by atoms with Gasteiger partial charge in [0, 0.05) is 6.04 Å². The predicted molar refractivity (Wildman–Crippen MR) is 43.1 cm³/mol. The Kier molecular flexibility index (Phi) is 5.01. The van der Waals surface area contributed by atoms with Crippen LogP contribution >= 0.6 is 0 Å². The van der Waals surface area contributed by atoms with Crippen LogP contribution < -0.4 is 5.73 Å². The fraction of sp³-hybridized carbons (Fsp3) is 0.714. The molecular formula is C7H13NO5. The van der Waals surface area contributed by atoms with Gasteiger partial charge in [-0.25, -0.2) is 9.59 Å². The molecule has 13 heavy (non-hydrogen) atoms. The van der Waals surface area contributed by atoms with Gasteiger partial charge in [-0.1, -0.05) is 0 Å². The highest BCUT2D eigenvalue weighted by atomic mass is 16.4. The van der Waals surface area contributed by atoms with E-state index in [0.29, 0.717) is 0 Å². The Labute approximate surface area is 75.0 Å². The van der Waals surface area contributed by atoms with Gasteiger partial charge < -0.3 is 21.1 Å². The van der Waals surface area contributed by atoms with Gasteiger partial charge >= 0.3 is 11.9 Å². The normalized spacial score (nSPS) is 26.0. The van der Waals surface area contributed by atoms with Crippen LogP contribution in [0.2, 0.25) is 0 Å². The monoisotopic (exact) mass is 191 g/mol. The molecule has 1 aliphatic carbocycles. The molecule has 2 atom stereocenters. The third-order valence-electron chi connectivity index (χ3n) is 1.63. The average molecular weight is 191 g/mol. The van der Waals surface area contributed by atoms with Crippen molar-refractivity contribution in [2.24, 2.45) is 5.73 Å². The number of aliphatic hydroxyl groups excluding tert-OH is 1. The molecule has 1 aliphatic rings. The number of aliphatic carboxylic acids is 2. The van der Waals surface area contributed by atoms with Crippen LogP contribution in [0.25, 0.3) is 0 Å². The lowest BCUT2D eigenvalue weighted by Crippen LogP contribution is -2.15. The number of aliphatic hydroxyl groups is 1. The highest BCUT2D eigenvalue weighted by Gasteiger charge is 2.18. The smallest absolute Gasteiger partial charge is 0.414 e. The molecule has 1 fully saturated rings. The molecule has 5 N–H and O–H groups in total. The van der Waals surface area contributed by atoms with E-state index in [1.807, 2.05) is 0 Å². The van der Waals surface area contributed by atoms with E-state index in [-0.39, 0.29) is 12.1 Å². The summed E-state index contributed by atoms with van der Waals surface area (Å²) in [5, 5.41) is 23.6. The summed E-state index contributed by atoms with van der Waals surface area (Å²) in [6.07, 6.45) is 2.61. The first kappa shape index (κ1) is 11.9. The van der Waals surface area contributed by atoms with Crippen LogP contribution in [0.5, 0.6) is 0 Å². The summed E-state index contributed by atoms with van der Waals surface area (Å²) in [6, 6.07) is 0.273. The third kappa shape index (κ3) is 6.06. The zero-order valence-electron chi connectivity index (χ0n) is 7.01. The Bertz CT molecular complexity index is 173. The van der Waals surface area contributed by atoms with Crippen molar-refractivity contribution < 1.29 is 24.9 Å². The number of nitrogens with two attached hydrogens (primary N) is 1. The fourth-order valence-corrected chi connectivity index (χ4v) is 0.992. The zero-order valence-corrected chi connectivity index (χ0v) is 7.01. The van der Waals surface area contributed by atoms with E-state index in [1.165, 1.54) is 0 Å². The molecule has 2 unspecified atom stereocenters. The van der Waals surface area contributed by atoms with Crippen molar-refractivity contribution in [3.8, 4) is 0 Å². The molecule has 0 bridgehead atoms. The van der Waals surface area contributed by atoms with E-state index < -0.39 is 11.9 Å². The molecule has 0 saturated heterocycles. The summed E-state index contributed by atoms with van der Waals surface area (Å²) in [5.74, 6) is -3.65. The van der Waals surface area contributed by atoms with Crippen LogP contribution in [0.3, 0.4) is 0 Å². The lowest BCUT2D eigenvalue weighted by molar-refractivity contribution is -0.159. The maximum absolute atomic E-state index is 9.10. The molecular weight excluding hydrogens is 178 g/mol. The molecule has 1 saturated carbocycles. The Hall–Kier alpha value is -1.14. The first-order valence-electron chi connectivity index (χ1n) is 3.83. The summed E-state index contributed by atoms with van der Waals surface area (Å²) >= 11 is 0. The molecule has 0 aromatic carbocycles. The SMILES string of the molecule is NC1CCC(O)C1.O=C(O)C(=O)O. The summed E-state index contributed by atoms with van der Waals surface area (Å²) in [5.41, 5.74) is 5.47. The van der Waals surface area contributed by atoms with Crippen LogP contribution in [0.1, 0.15) is 19.3 Å². The van der Waals surface area contributed by atoms with Crippen LogP contribution in [-0.2, 0) is 9.59 Å². The van der Waals surface area contributed by atoms with Crippen LogP contribution in [0.4, 0.5) is 0 Å². The molecule has 6 heteroatoms. The summed E-state index contributed by atoms with van der Waals surface area (Å²) < 4.78 is 0. The maximum atomic E-state index is 9.10. The van der Waals surface area contributed by atoms with Gasteiger partial charge in [0.05, 0.1) is 6.10 Å². The number of hydrogen-bond donors (Lipinski definition) is 4. The first-order chi connectivity index (χ1) is 5.93. The van der Waals surface area contributed by atoms with Gasteiger partial charge in [-0.05, 0) is 19.3 Å². The quantitative estimate of drug-likeness (QED) is 0.365. The largest absolute Gasteiger partial charge is 0.473 e. The van der Waals surface area contributed by atoms with Crippen molar-refractivity contribution in [3.05, 3.63) is 0 Å². The van der Waals surface area contributed by atoms with E-state index in [0.717, 1.165) is 19.3 Å². The molecule has 0 aliphatic heterocycles. The maximum Gasteiger partial charge on any atom is 0.414 e. The predicted octanol–water partition coefficient (Wildman–Crippen LogP) is -0.986. The standard InChI is InChI=1S/C5H11NO.C2H2O4/c6-4-1-2-5(7)3-4;3-1(4)2(5)6/h4-5,7H,1-3,6H2;(H,3,4)(H,5,6). The molecule has 0 amide bonds. The Morgan fingerprint density at radius 2 is 1.62 bits per heavy atom. The Morgan fingerprint density at radius 1 is 1.15 bits per heavy atom. The van der Waals surface area contributed by atoms with Gasteiger partial charge in [-0.3, -0.25) is 0 Å². The number of carbonyl (C=O) groups is 2. The molecule has 0 aromatic rings. The van der Waals surface area contributed by atoms with Crippen molar-refractivity contribution in [2.45, 2.75) is 31.4 Å². The molecule has 1 rings (SSSR count). The first-order valence-corrected chi connectivity index (χ1v) is 3.83. The van der Waals surface area contributed by atoms with Crippen LogP contribution in [-0.4, -0.2) is 39.4 Å². The van der Waals surface area contributed by atoms with Crippen molar-refractivity contribution in [1.82, 2.24) is 0 Å². The van der Waals surface area contributed by atoms with Gasteiger partial charge in [0.1, 0.15) is 0 Å². The van der Waals surface area contributed by atoms with Gasteiger partial charge in [0.25, 0.3) is 0 Å². The number of rotatable bonds is 0. The molecule has 0 radical (unpaired) electrons. The van der Waals surface area contributed by atoms with E-state index in [1.54, 1.807) is 0 Å². The lowest BCUT2D eigenvalue weighted by atomic mass is 10.3. The topological polar surface area (TPSA) is 121 Å². The molecule has 0 heterocycles. The molecule has 6 nitrogen and oxygen atoms in total. The Morgan fingerprint density at radius 3 is 1.69 bits per heavy atom. The van der Waals surface area contributed by atoms with Crippen molar-refractivity contribution in [2.75, 3.05) is 0 Å². The second-order valence-electron chi connectivity index (χ2n) is 2.84. The van der Waals surface area contributed by atoms with Crippen LogP contribution in [0, 0.1) is 0 Å². The highest BCUT2D eigenvalue weighted by molar-refractivity contribution is 6.27. The Balaban J connectivity index is 0.000000226. The van der Waals surface area contributed by atoms with E-state index >= 15 is 0 Å². The molecule has 0 aromatic heterocycles. The van der Waals surface area contributed by atoms with Crippen molar-refractivity contribution in [3.63, 3.8) is 0 Å². The van der Waals surface area contributed by atoms with Gasteiger partial charge in [0.2, 0.25) is 0 Å². The van der Waals surface area contributed by atoms with Crippen molar-refractivity contribution >= 4 is 11.9 Å². The molecule has 76 valence electrons. The fourth-order valence-electron chi connectivity index (χ4n) is 0.992. The van der Waals surface area contributed by atoms with E-state index in [2.05, 4.69) is 0 Å². The lowest BCUT2D eigenvalue weighted by Gasteiger charge is -1.96. The minimum absolute atomic E-state index is 0.102. The second-order valence-corrected chi connectivity index (χ2v) is 2.84. The minimum Gasteiger partial charge on any atom is -0.473 e. The zero-order chi connectivity index (χ0) is 10.4. The number of hydrogen-bond acceptors (Lipinski definition) is 4. The van der Waals surface area contributed by atoms with Gasteiger partial charge in [-0.15, -0.1) is 0 Å². The summed E-state index contributed by atoms with van der Waals surface area (Å²) in [4.78, 5) is 18.2. The van der Waals surface area contributed by atoms with Gasteiger partial charge in [0.15, 0.2) is 0 Å². The molecule has 0 spiro atoms. The summed E-state index contributed by atoms with van der Waals surface area (Å²) in [7, 11) is 0. The van der Waals surface area contributed by atoms with Crippen molar-refractivity contribution in [1.29, 1.82) is 0 Å². The van der Waals surface area contributed by atoms with Gasteiger partial charge in [-0.2, -0.15) is 0 Å². The highest BCUT2D eigenvalue weighted by Crippen LogP contribution is 2.15. The second kappa shape index (κ2) is 5.50. The minimum atomic E-state index is -1.82. The van der Waals surface area contributed by atoms with Crippen LogP contribution in [0.15, 0.2) is 0 Å². The average Bonchev–Trinajstić information content (AvgIpc) is 2.35. The number of carboxylic acids is 2.